The highest BCUT2D eigenvalue weighted by Gasteiger charge is 2.07. The van der Waals surface area contributed by atoms with Crippen molar-refractivity contribution < 1.29 is 14.4 Å². The van der Waals surface area contributed by atoms with Gasteiger partial charge >= 0.3 is 0 Å². The molecule has 0 unspecified atom stereocenters. The van der Waals surface area contributed by atoms with Crippen molar-refractivity contribution >= 4 is 23.8 Å². The normalized spacial score (nSPS) is 10.4. The van der Waals surface area contributed by atoms with Crippen LogP contribution >= 0.6 is 0 Å². The van der Waals surface area contributed by atoms with Crippen LogP contribution in [0.25, 0.3) is 6.08 Å². The van der Waals surface area contributed by atoms with E-state index >= 15 is 0 Å². The Morgan fingerprint density at radius 2 is 1.52 bits per heavy atom. The van der Waals surface area contributed by atoms with Crippen LogP contribution in [0.1, 0.15) is 29.5 Å². The summed E-state index contributed by atoms with van der Waals surface area (Å²) in [6.07, 6.45) is 3.02. The Morgan fingerprint density at radius 1 is 0.852 bits per heavy atom. The van der Waals surface area contributed by atoms with Gasteiger partial charge in [-0.1, -0.05) is 60.2 Å². The first-order valence-electron chi connectivity index (χ1n) is 8.67. The number of aryl methyl sites for hydroxylation is 1. The van der Waals surface area contributed by atoms with Gasteiger partial charge in [-0.2, -0.15) is 0 Å². The van der Waals surface area contributed by atoms with Gasteiger partial charge in [-0.05, 0) is 24.1 Å². The molecule has 2 rings (SSSR count). The van der Waals surface area contributed by atoms with Gasteiger partial charge in [-0.15, -0.1) is 0 Å². The van der Waals surface area contributed by atoms with Crippen LogP contribution in [0.2, 0.25) is 0 Å². The maximum absolute atomic E-state index is 11.8. The number of hydrogen-bond acceptors (Lipinski definition) is 3. The smallest absolute Gasteiger partial charge is 0.262 e. The minimum Gasteiger partial charge on any atom is -0.352 e. The molecule has 2 aromatic rings. The Balaban J connectivity index is 1.62. The molecule has 0 aliphatic carbocycles. The summed E-state index contributed by atoms with van der Waals surface area (Å²) >= 11 is 0. The van der Waals surface area contributed by atoms with Gasteiger partial charge in [0.2, 0.25) is 11.8 Å². The molecule has 2 aromatic carbocycles. The van der Waals surface area contributed by atoms with Gasteiger partial charge in [0, 0.05) is 25.5 Å². The zero-order chi connectivity index (χ0) is 19.5. The van der Waals surface area contributed by atoms with Crippen LogP contribution in [0.15, 0.2) is 60.7 Å². The van der Waals surface area contributed by atoms with Crippen molar-refractivity contribution in [3.8, 4) is 0 Å². The first-order chi connectivity index (χ1) is 13.0. The molecule has 0 aliphatic rings. The highest BCUT2D eigenvalue weighted by molar-refractivity contribution is 5.93. The fraction of sp³-hybridized carbons (Fsp3) is 0.190. The molecule has 6 heteroatoms. The molecule has 3 amide bonds. The lowest BCUT2D eigenvalue weighted by Crippen LogP contribution is -2.41. The quantitative estimate of drug-likeness (QED) is 0.519. The summed E-state index contributed by atoms with van der Waals surface area (Å²) in [4.78, 5) is 35.2. The molecule has 3 N–H and O–H groups in total. The van der Waals surface area contributed by atoms with Crippen molar-refractivity contribution in [2.45, 2.75) is 26.3 Å². The van der Waals surface area contributed by atoms with Crippen LogP contribution in [0.4, 0.5) is 0 Å². The molecule has 0 saturated carbocycles. The van der Waals surface area contributed by atoms with Crippen molar-refractivity contribution in [1.82, 2.24) is 16.2 Å². The fourth-order valence-corrected chi connectivity index (χ4v) is 2.20. The number of carbonyl (C=O) groups is 3. The van der Waals surface area contributed by atoms with Crippen molar-refractivity contribution in [1.29, 1.82) is 0 Å². The molecule has 6 nitrogen and oxygen atoms in total. The second-order valence-corrected chi connectivity index (χ2v) is 6.04. The van der Waals surface area contributed by atoms with E-state index in [2.05, 4.69) is 16.2 Å². The van der Waals surface area contributed by atoms with E-state index in [9.17, 15) is 14.4 Å². The van der Waals surface area contributed by atoms with Gasteiger partial charge in [0.15, 0.2) is 0 Å². The maximum atomic E-state index is 11.8. The molecular weight excluding hydrogens is 342 g/mol. The van der Waals surface area contributed by atoms with E-state index in [-0.39, 0.29) is 18.7 Å². The summed E-state index contributed by atoms with van der Waals surface area (Å²) in [6.45, 7) is 2.40. The van der Waals surface area contributed by atoms with Crippen LogP contribution in [-0.4, -0.2) is 17.7 Å². The van der Waals surface area contributed by atoms with Gasteiger partial charge in [0.25, 0.3) is 5.91 Å². The first-order valence-corrected chi connectivity index (χ1v) is 8.67. The monoisotopic (exact) mass is 365 g/mol. The minimum absolute atomic E-state index is 0.0113. The van der Waals surface area contributed by atoms with Gasteiger partial charge < -0.3 is 5.32 Å². The summed E-state index contributed by atoms with van der Waals surface area (Å²) in [5.74, 6) is -1.10. The van der Waals surface area contributed by atoms with Crippen molar-refractivity contribution in [3.05, 3.63) is 77.4 Å². The van der Waals surface area contributed by atoms with E-state index in [1.807, 2.05) is 61.5 Å². The molecule has 0 saturated heterocycles. The summed E-state index contributed by atoms with van der Waals surface area (Å²) in [7, 11) is 0. The Bertz CT molecular complexity index is 799. The van der Waals surface area contributed by atoms with E-state index < -0.39 is 11.8 Å². The Labute approximate surface area is 158 Å². The van der Waals surface area contributed by atoms with E-state index in [1.54, 1.807) is 6.08 Å². The third-order valence-corrected chi connectivity index (χ3v) is 3.74. The number of nitrogens with one attached hydrogen (secondary N) is 3. The van der Waals surface area contributed by atoms with Gasteiger partial charge in [-0.3, -0.25) is 25.2 Å². The lowest BCUT2D eigenvalue weighted by molar-refractivity contribution is -0.129. The SMILES string of the molecule is Cc1ccc(/C=C/C(=O)NNC(=O)CCC(=O)NCc2ccccc2)cc1. The number of hydrogen-bond donors (Lipinski definition) is 3. The lowest BCUT2D eigenvalue weighted by atomic mass is 10.1. The Hall–Kier alpha value is -3.41. The van der Waals surface area contributed by atoms with Crippen LogP contribution in [-0.2, 0) is 20.9 Å². The average Bonchev–Trinajstić information content (AvgIpc) is 2.69. The first kappa shape index (κ1) is 19.9. The van der Waals surface area contributed by atoms with E-state index in [4.69, 9.17) is 0 Å². The maximum Gasteiger partial charge on any atom is 0.262 e. The minimum atomic E-state index is -0.447. The summed E-state index contributed by atoms with van der Waals surface area (Å²) < 4.78 is 0. The van der Waals surface area contributed by atoms with Crippen LogP contribution in [0.5, 0.6) is 0 Å². The van der Waals surface area contributed by atoms with Crippen LogP contribution in [0.3, 0.4) is 0 Å². The highest BCUT2D eigenvalue weighted by atomic mass is 16.2. The molecule has 0 aromatic heterocycles. The molecule has 0 radical (unpaired) electrons. The molecule has 27 heavy (non-hydrogen) atoms. The lowest BCUT2D eigenvalue weighted by Gasteiger charge is -2.07. The topological polar surface area (TPSA) is 87.3 Å². The number of carbonyl (C=O) groups excluding carboxylic acids is 3. The zero-order valence-electron chi connectivity index (χ0n) is 15.2. The van der Waals surface area contributed by atoms with Crippen molar-refractivity contribution in [2.75, 3.05) is 0 Å². The van der Waals surface area contributed by atoms with Crippen LogP contribution in [0, 0.1) is 6.92 Å². The fourth-order valence-electron chi connectivity index (χ4n) is 2.20. The number of benzene rings is 2. The standard InChI is InChI=1S/C21H23N3O3/c1-16-7-9-17(10-8-16)11-12-20(26)23-24-21(27)14-13-19(25)22-15-18-5-3-2-4-6-18/h2-12H,13-15H2,1H3,(H,22,25)(H,23,26)(H,24,27)/b12-11+. The Morgan fingerprint density at radius 3 is 2.22 bits per heavy atom. The van der Waals surface area contributed by atoms with Gasteiger partial charge in [0.1, 0.15) is 0 Å². The van der Waals surface area contributed by atoms with Crippen molar-refractivity contribution in [3.63, 3.8) is 0 Å². The largest absolute Gasteiger partial charge is 0.352 e. The third-order valence-electron chi connectivity index (χ3n) is 3.74. The van der Waals surface area contributed by atoms with E-state index in [0.29, 0.717) is 6.54 Å². The highest BCUT2D eigenvalue weighted by Crippen LogP contribution is 2.04. The second-order valence-electron chi connectivity index (χ2n) is 6.04. The van der Waals surface area contributed by atoms with Gasteiger partial charge in [-0.25, -0.2) is 0 Å². The summed E-state index contributed by atoms with van der Waals surface area (Å²) in [6, 6.07) is 17.2. The predicted octanol–water partition coefficient (Wildman–Crippen LogP) is 2.25. The number of amides is 3. The van der Waals surface area contributed by atoms with Crippen molar-refractivity contribution in [2.24, 2.45) is 0 Å². The summed E-state index contributed by atoms with van der Waals surface area (Å²) in [5.41, 5.74) is 7.59. The molecule has 0 atom stereocenters. The number of hydrazine groups is 1. The van der Waals surface area contributed by atoms with Crippen LogP contribution < -0.4 is 16.2 Å². The average molecular weight is 365 g/mol. The second kappa shape index (κ2) is 10.6. The molecule has 0 bridgehead atoms. The predicted molar refractivity (Wildman–Crippen MR) is 104 cm³/mol. The number of rotatable bonds is 7. The van der Waals surface area contributed by atoms with E-state index in [0.717, 1.165) is 16.7 Å². The molecular formula is C21H23N3O3. The zero-order valence-corrected chi connectivity index (χ0v) is 15.2. The molecule has 0 spiro atoms. The summed E-state index contributed by atoms with van der Waals surface area (Å²) in [5, 5.41) is 2.74. The third kappa shape index (κ3) is 8.00. The molecule has 140 valence electrons. The Kier molecular flexibility index (Phi) is 7.78. The molecule has 0 heterocycles. The molecule has 0 fully saturated rings. The molecule has 0 aliphatic heterocycles. The van der Waals surface area contributed by atoms with E-state index in [1.165, 1.54) is 6.08 Å². The van der Waals surface area contributed by atoms with Gasteiger partial charge in [0.05, 0.1) is 0 Å².